The lowest BCUT2D eigenvalue weighted by atomic mass is 10.1. The van der Waals surface area contributed by atoms with E-state index in [1.807, 2.05) is 19.1 Å². The average molecular weight is 352 g/mol. The number of carbonyl (C=O) groups excluding carboxylic acids is 2. The van der Waals surface area contributed by atoms with Crippen LogP contribution in [0.1, 0.15) is 28.9 Å². The number of amides is 2. The molecule has 2 N–H and O–H groups in total. The van der Waals surface area contributed by atoms with Gasteiger partial charge in [-0.3, -0.25) is 14.6 Å². The monoisotopic (exact) mass is 351 g/mol. The fraction of sp³-hybridized carbons (Fsp3) is 0.188. The van der Waals surface area contributed by atoms with Crippen LogP contribution < -0.4 is 10.6 Å². The molecule has 0 aliphatic rings. The Kier molecular flexibility index (Phi) is 5.96. The van der Waals surface area contributed by atoms with Crippen LogP contribution in [0, 0.1) is 0 Å². The molecule has 1 unspecified atom stereocenters. The third kappa shape index (κ3) is 4.94. The van der Waals surface area contributed by atoms with Crippen molar-refractivity contribution in [3.63, 3.8) is 0 Å². The highest BCUT2D eigenvalue weighted by atomic mass is 35.5. The second-order valence-corrected chi connectivity index (χ2v) is 5.70. The molecule has 7 heteroatoms. The van der Waals surface area contributed by atoms with Crippen molar-refractivity contribution in [2.45, 2.75) is 13.0 Å². The smallest absolute Gasteiger partial charge is 0.251 e. The van der Waals surface area contributed by atoms with Gasteiger partial charge >= 0.3 is 0 Å². The van der Waals surface area contributed by atoms with E-state index in [4.69, 9.17) is 23.2 Å². The molecule has 2 amide bonds. The predicted octanol–water partition coefficient (Wildman–Crippen LogP) is 3.00. The molecule has 5 nitrogen and oxygen atoms in total. The number of carbonyl (C=O) groups is 2. The molecular weight excluding hydrogens is 337 g/mol. The molecule has 0 saturated heterocycles. The van der Waals surface area contributed by atoms with Gasteiger partial charge in [0.05, 0.1) is 22.6 Å². The molecule has 0 spiro atoms. The van der Waals surface area contributed by atoms with Crippen LogP contribution in [-0.2, 0) is 4.79 Å². The molecule has 1 heterocycles. The zero-order valence-corrected chi connectivity index (χ0v) is 13.9. The Morgan fingerprint density at radius 2 is 1.83 bits per heavy atom. The number of aromatic nitrogens is 1. The highest BCUT2D eigenvalue weighted by Crippen LogP contribution is 2.22. The van der Waals surface area contributed by atoms with Crippen molar-refractivity contribution in [2.75, 3.05) is 6.54 Å². The standard InChI is InChI=1S/C16H15Cl2N3O2/c1-10(11-4-6-19-7-5-11)21-15(22)9-20-16(23)12-2-3-13(17)14(18)8-12/h2-8,10H,9H2,1H3,(H,20,23)(H,21,22). The van der Waals surface area contributed by atoms with Crippen LogP contribution in [0.5, 0.6) is 0 Å². The van der Waals surface area contributed by atoms with Crippen molar-refractivity contribution >= 4 is 35.0 Å². The average Bonchev–Trinajstić information content (AvgIpc) is 2.56. The normalized spacial score (nSPS) is 11.6. The van der Waals surface area contributed by atoms with Gasteiger partial charge in [-0.1, -0.05) is 23.2 Å². The Morgan fingerprint density at radius 3 is 2.48 bits per heavy atom. The van der Waals surface area contributed by atoms with Gasteiger partial charge in [-0.05, 0) is 42.8 Å². The quantitative estimate of drug-likeness (QED) is 0.869. The van der Waals surface area contributed by atoms with Gasteiger partial charge in [0.15, 0.2) is 0 Å². The molecule has 23 heavy (non-hydrogen) atoms. The van der Waals surface area contributed by atoms with Crippen LogP contribution in [0.2, 0.25) is 10.0 Å². The van der Waals surface area contributed by atoms with Gasteiger partial charge in [0.25, 0.3) is 5.91 Å². The summed E-state index contributed by atoms with van der Waals surface area (Å²) in [6.45, 7) is 1.72. The molecule has 1 atom stereocenters. The molecule has 2 rings (SSSR count). The second kappa shape index (κ2) is 7.94. The first-order valence-electron chi connectivity index (χ1n) is 6.90. The van der Waals surface area contributed by atoms with E-state index in [2.05, 4.69) is 15.6 Å². The zero-order chi connectivity index (χ0) is 16.8. The Labute approximate surface area is 144 Å². The van der Waals surface area contributed by atoms with E-state index in [-0.39, 0.29) is 23.5 Å². The van der Waals surface area contributed by atoms with Crippen LogP contribution in [0.4, 0.5) is 0 Å². The number of benzene rings is 1. The number of rotatable bonds is 5. The minimum absolute atomic E-state index is 0.130. The summed E-state index contributed by atoms with van der Waals surface area (Å²) in [4.78, 5) is 27.8. The van der Waals surface area contributed by atoms with Crippen LogP contribution in [0.25, 0.3) is 0 Å². The molecule has 0 aliphatic heterocycles. The Morgan fingerprint density at radius 1 is 1.13 bits per heavy atom. The molecular formula is C16H15Cl2N3O2. The Hall–Kier alpha value is -2.11. The van der Waals surface area contributed by atoms with E-state index in [0.29, 0.717) is 10.6 Å². The first kappa shape index (κ1) is 17.2. The number of nitrogens with one attached hydrogen (secondary N) is 2. The van der Waals surface area contributed by atoms with Gasteiger partial charge in [0.1, 0.15) is 0 Å². The number of hydrogen-bond donors (Lipinski definition) is 2. The van der Waals surface area contributed by atoms with Gasteiger partial charge in [0, 0.05) is 18.0 Å². The summed E-state index contributed by atoms with van der Waals surface area (Å²) in [5.41, 5.74) is 1.28. The van der Waals surface area contributed by atoms with Crippen LogP contribution >= 0.6 is 23.2 Å². The fourth-order valence-electron chi connectivity index (χ4n) is 1.93. The molecule has 0 saturated carbocycles. The minimum Gasteiger partial charge on any atom is -0.348 e. The Balaban J connectivity index is 1.86. The Bertz CT molecular complexity index is 708. The van der Waals surface area contributed by atoms with Crippen molar-refractivity contribution in [2.24, 2.45) is 0 Å². The highest BCUT2D eigenvalue weighted by molar-refractivity contribution is 6.42. The van der Waals surface area contributed by atoms with E-state index in [1.54, 1.807) is 18.5 Å². The molecule has 0 aliphatic carbocycles. The van der Waals surface area contributed by atoms with Crippen molar-refractivity contribution < 1.29 is 9.59 Å². The van der Waals surface area contributed by atoms with Gasteiger partial charge in [-0.2, -0.15) is 0 Å². The molecule has 0 fully saturated rings. The van der Waals surface area contributed by atoms with Crippen molar-refractivity contribution in [3.05, 3.63) is 63.9 Å². The summed E-state index contributed by atoms with van der Waals surface area (Å²) in [5.74, 6) is -0.682. The highest BCUT2D eigenvalue weighted by Gasteiger charge is 2.12. The first-order valence-corrected chi connectivity index (χ1v) is 7.65. The summed E-state index contributed by atoms with van der Waals surface area (Å²) in [6, 6.07) is 7.99. The summed E-state index contributed by atoms with van der Waals surface area (Å²) >= 11 is 11.7. The fourth-order valence-corrected chi connectivity index (χ4v) is 2.23. The van der Waals surface area contributed by atoms with Crippen LogP contribution in [0.3, 0.4) is 0 Å². The summed E-state index contributed by atoms with van der Waals surface area (Å²) in [5, 5.41) is 5.99. The van der Waals surface area contributed by atoms with Crippen molar-refractivity contribution in [1.82, 2.24) is 15.6 Å². The second-order valence-electron chi connectivity index (χ2n) is 4.88. The lowest BCUT2D eigenvalue weighted by molar-refractivity contribution is -0.120. The zero-order valence-electron chi connectivity index (χ0n) is 12.3. The first-order chi connectivity index (χ1) is 11.0. The third-order valence-electron chi connectivity index (χ3n) is 3.17. The molecule has 1 aromatic carbocycles. The number of pyridine rings is 1. The van der Waals surface area contributed by atoms with Gasteiger partial charge in [0.2, 0.25) is 5.91 Å². The molecule has 0 radical (unpaired) electrons. The van der Waals surface area contributed by atoms with Gasteiger partial charge in [-0.25, -0.2) is 0 Å². The maximum absolute atomic E-state index is 12.0. The van der Waals surface area contributed by atoms with Crippen LogP contribution in [0.15, 0.2) is 42.7 Å². The molecule has 1 aromatic heterocycles. The number of halogens is 2. The maximum atomic E-state index is 12.0. The van der Waals surface area contributed by atoms with Crippen molar-refractivity contribution in [3.8, 4) is 0 Å². The SMILES string of the molecule is CC(NC(=O)CNC(=O)c1ccc(Cl)c(Cl)c1)c1ccncc1. The van der Waals surface area contributed by atoms with E-state index in [9.17, 15) is 9.59 Å². The summed E-state index contributed by atoms with van der Waals surface area (Å²) in [7, 11) is 0. The molecule has 120 valence electrons. The van der Waals surface area contributed by atoms with Gasteiger partial charge < -0.3 is 10.6 Å². The summed E-state index contributed by atoms with van der Waals surface area (Å²) in [6.07, 6.45) is 3.31. The lowest BCUT2D eigenvalue weighted by Gasteiger charge is -2.14. The van der Waals surface area contributed by atoms with Gasteiger partial charge in [-0.15, -0.1) is 0 Å². The summed E-state index contributed by atoms with van der Waals surface area (Å²) < 4.78 is 0. The molecule has 0 bridgehead atoms. The van der Waals surface area contributed by atoms with E-state index < -0.39 is 5.91 Å². The van der Waals surface area contributed by atoms with E-state index >= 15 is 0 Å². The number of hydrogen-bond acceptors (Lipinski definition) is 3. The van der Waals surface area contributed by atoms with Crippen molar-refractivity contribution in [1.29, 1.82) is 0 Å². The topological polar surface area (TPSA) is 71.1 Å². The van der Waals surface area contributed by atoms with E-state index in [0.717, 1.165) is 5.56 Å². The minimum atomic E-state index is -0.393. The van der Waals surface area contributed by atoms with Crippen LogP contribution in [-0.4, -0.2) is 23.3 Å². The van der Waals surface area contributed by atoms with E-state index in [1.165, 1.54) is 12.1 Å². The maximum Gasteiger partial charge on any atom is 0.251 e. The lowest BCUT2D eigenvalue weighted by Crippen LogP contribution is -2.38. The number of nitrogens with zero attached hydrogens (tertiary/aromatic N) is 1. The third-order valence-corrected chi connectivity index (χ3v) is 3.91. The molecule has 2 aromatic rings. The largest absolute Gasteiger partial charge is 0.348 e. The predicted molar refractivity (Wildman–Crippen MR) is 89.6 cm³/mol.